The maximum absolute atomic E-state index is 8.33. The van der Waals surface area contributed by atoms with Crippen molar-refractivity contribution in [1.29, 1.82) is 0 Å². The first-order chi connectivity index (χ1) is 7.15. The van der Waals surface area contributed by atoms with Crippen LogP contribution in [0.3, 0.4) is 0 Å². The Hall–Kier alpha value is -1.73. The van der Waals surface area contributed by atoms with Gasteiger partial charge in [0.05, 0.1) is 6.54 Å². The van der Waals surface area contributed by atoms with E-state index in [9.17, 15) is 0 Å². The lowest BCUT2D eigenvalue weighted by Gasteiger charge is -2.08. The fourth-order valence-electron chi connectivity index (χ4n) is 1.47. The molecule has 3 nitrogen and oxygen atoms in total. The zero-order chi connectivity index (χ0) is 11.3. The highest BCUT2D eigenvalue weighted by Gasteiger charge is 2.02. The first kappa shape index (κ1) is 11.3. The van der Waals surface area contributed by atoms with E-state index in [1.165, 1.54) is 11.1 Å². The van der Waals surface area contributed by atoms with Gasteiger partial charge in [-0.15, -0.1) is 0 Å². The van der Waals surface area contributed by atoms with Gasteiger partial charge >= 0.3 is 0 Å². The zero-order valence-corrected chi connectivity index (χ0v) is 9.36. The maximum atomic E-state index is 8.33. The Labute approximate surface area is 90.1 Å². The van der Waals surface area contributed by atoms with Gasteiger partial charge in [0.1, 0.15) is 0 Å². The Kier molecular flexibility index (Phi) is 3.95. The Bertz CT molecular complexity index is 422. The molecule has 0 aromatic heterocycles. The van der Waals surface area contributed by atoms with Crippen LogP contribution >= 0.6 is 0 Å². The van der Waals surface area contributed by atoms with Gasteiger partial charge in [-0.3, -0.25) is 0 Å². The SMILES string of the molecule is CC(C)=C(CN=[N+]=[N-])c1cccc(C)c1. The van der Waals surface area contributed by atoms with Crippen molar-refractivity contribution in [3.05, 3.63) is 51.4 Å². The number of rotatable bonds is 3. The molecule has 0 spiro atoms. The molecule has 0 aliphatic rings. The van der Waals surface area contributed by atoms with Crippen molar-refractivity contribution in [2.24, 2.45) is 5.11 Å². The van der Waals surface area contributed by atoms with Crippen LogP contribution in [0.15, 0.2) is 35.0 Å². The first-order valence-electron chi connectivity index (χ1n) is 4.89. The second kappa shape index (κ2) is 5.23. The highest BCUT2D eigenvalue weighted by Crippen LogP contribution is 2.20. The topological polar surface area (TPSA) is 48.8 Å². The summed E-state index contributed by atoms with van der Waals surface area (Å²) in [7, 11) is 0. The first-order valence-corrected chi connectivity index (χ1v) is 4.89. The van der Waals surface area contributed by atoms with E-state index in [1.54, 1.807) is 0 Å². The molecular weight excluding hydrogens is 186 g/mol. The fourth-order valence-corrected chi connectivity index (χ4v) is 1.47. The van der Waals surface area contributed by atoms with Crippen LogP contribution in [0.4, 0.5) is 0 Å². The van der Waals surface area contributed by atoms with Gasteiger partial charge in [0, 0.05) is 4.91 Å². The molecule has 0 N–H and O–H groups in total. The number of nitrogens with zero attached hydrogens (tertiary/aromatic N) is 3. The van der Waals surface area contributed by atoms with E-state index in [0.717, 1.165) is 11.1 Å². The number of hydrogen-bond acceptors (Lipinski definition) is 1. The van der Waals surface area contributed by atoms with E-state index in [-0.39, 0.29) is 0 Å². The molecule has 0 atom stereocenters. The highest BCUT2D eigenvalue weighted by molar-refractivity contribution is 5.69. The van der Waals surface area contributed by atoms with Gasteiger partial charge in [0.15, 0.2) is 0 Å². The van der Waals surface area contributed by atoms with Crippen LogP contribution in [0.25, 0.3) is 16.0 Å². The molecule has 0 amide bonds. The summed E-state index contributed by atoms with van der Waals surface area (Å²) in [6.07, 6.45) is 0. The quantitative estimate of drug-likeness (QED) is 0.401. The van der Waals surface area contributed by atoms with E-state index in [4.69, 9.17) is 5.53 Å². The molecule has 0 saturated heterocycles. The summed E-state index contributed by atoms with van der Waals surface area (Å²) in [5.74, 6) is 0. The van der Waals surface area contributed by atoms with E-state index in [2.05, 4.69) is 29.1 Å². The minimum Gasteiger partial charge on any atom is -0.0893 e. The third-order valence-corrected chi connectivity index (χ3v) is 2.26. The lowest BCUT2D eigenvalue weighted by atomic mass is 10.00. The van der Waals surface area contributed by atoms with Crippen LogP contribution in [-0.4, -0.2) is 6.54 Å². The van der Waals surface area contributed by atoms with Crippen molar-refractivity contribution in [2.75, 3.05) is 6.54 Å². The summed E-state index contributed by atoms with van der Waals surface area (Å²) in [5.41, 5.74) is 13.0. The second-order valence-corrected chi connectivity index (χ2v) is 3.74. The van der Waals surface area contributed by atoms with Crippen LogP contribution < -0.4 is 0 Å². The summed E-state index contributed by atoms with van der Waals surface area (Å²) >= 11 is 0. The van der Waals surface area contributed by atoms with Crippen molar-refractivity contribution in [2.45, 2.75) is 20.8 Å². The largest absolute Gasteiger partial charge is 0.0893 e. The molecular formula is C12H15N3. The van der Waals surface area contributed by atoms with Gasteiger partial charge in [-0.1, -0.05) is 40.5 Å². The Morgan fingerprint density at radius 1 is 1.40 bits per heavy atom. The summed E-state index contributed by atoms with van der Waals surface area (Å²) in [6, 6.07) is 8.22. The molecule has 0 unspecified atom stereocenters. The van der Waals surface area contributed by atoms with Crippen LogP contribution in [0.1, 0.15) is 25.0 Å². The van der Waals surface area contributed by atoms with Gasteiger partial charge in [0.2, 0.25) is 0 Å². The Morgan fingerprint density at radius 2 is 2.13 bits per heavy atom. The maximum Gasteiger partial charge on any atom is 0.0516 e. The molecule has 1 aromatic carbocycles. The third kappa shape index (κ3) is 3.15. The predicted octanol–water partition coefficient (Wildman–Crippen LogP) is 4.10. The molecule has 0 aliphatic heterocycles. The number of hydrogen-bond donors (Lipinski definition) is 0. The monoisotopic (exact) mass is 201 g/mol. The van der Waals surface area contributed by atoms with Crippen molar-refractivity contribution >= 4 is 5.57 Å². The molecule has 0 heterocycles. The molecule has 1 rings (SSSR count). The molecule has 78 valence electrons. The van der Waals surface area contributed by atoms with Crippen LogP contribution in [0.2, 0.25) is 0 Å². The predicted molar refractivity (Wildman–Crippen MR) is 63.5 cm³/mol. The summed E-state index contributed by atoms with van der Waals surface area (Å²) < 4.78 is 0. The molecule has 0 radical (unpaired) electrons. The molecule has 1 aromatic rings. The number of allylic oxidation sites excluding steroid dienone is 1. The van der Waals surface area contributed by atoms with E-state index < -0.39 is 0 Å². The third-order valence-electron chi connectivity index (χ3n) is 2.26. The average Bonchev–Trinajstić information content (AvgIpc) is 2.18. The standard InChI is InChI=1S/C12H15N3/c1-9(2)12(8-14-15-13)11-6-4-5-10(3)7-11/h4-7H,8H2,1-3H3. The molecule has 15 heavy (non-hydrogen) atoms. The molecule has 0 saturated carbocycles. The fraction of sp³-hybridized carbons (Fsp3) is 0.333. The van der Waals surface area contributed by atoms with Crippen LogP contribution in [0, 0.1) is 6.92 Å². The zero-order valence-electron chi connectivity index (χ0n) is 9.36. The van der Waals surface area contributed by atoms with Gasteiger partial charge in [0.25, 0.3) is 0 Å². The number of azide groups is 1. The van der Waals surface area contributed by atoms with E-state index >= 15 is 0 Å². The molecule has 0 fully saturated rings. The molecule has 0 aliphatic carbocycles. The summed E-state index contributed by atoms with van der Waals surface area (Å²) in [6.45, 7) is 6.54. The number of benzene rings is 1. The van der Waals surface area contributed by atoms with E-state index in [1.807, 2.05) is 26.0 Å². The van der Waals surface area contributed by atoms with Gasteiger partial charge in [-0.25, -0.2) is 0 Å². The second-order valence-electron chi connectivity index (χ2n) is 3.74. The number of aryl methyl sites for hydroxylation is 1. The van der Waals surface area contributed by atoms with Gasteiger partial charge in [-0.2, -0.15) is 0 Å². The minimum absolute atomic E-state index is 0.419. The summed E-state index contributed by atoms with van der Waals surface area (Å²) in [4.78, 5) is 2.80. The van der Waals surface area contributed by atoms with Crippen LogP contribution in [0.5, 0.6) is 0 Å². The lowest BCUT2D eigenvalue weighted by molar-refractivity contribution is 1.19. The summed E-state index contributed by atoms with van der Waals surface area (Å²) in [5, 5.41) is 3.62. The van der Waals surface area contributed by atoms with E-state index in [0.29, 0.717) is 6.54 Å². The lowest BCUT2D eigenvalue weighted by Crippen LogP contribution is -1.91. The smallest absolute Gasteiger partial charge is 0.0516 e. The molecule has 0 bridgehead atoms. The van der Waals surface area contributed by atoms with Crippen molar-refractivity contribution in [3.63, 3.8) is 0 Å². The Balaban J connectivity index is 3.11. The normalized spacial score (nSPS) is 9.27. The van der Waals surface area contributed by atoms with Gasteiger partial charge in [-0.05, 0) is 37.4 Å². The van der Waals surface area contributed by atoms with Crippen molar-refractivity contribution < 1.29 is 0 Å². The average molecular weight is 201 g/mol. The van der Waals surface area contributed by atoms with Crippen LogP contribution in [-0.2, 0) is 0 Å². The van der Waals surface area contributed by atoms with Crippen molar-refractivity contribution in [1.82, 2.24) is 0 Å². The highest BCUT2D eigenvalue weighted by atomic mass is 15.1. The van der Waals surface area contributed by atoms with Crippen molar-refractivity contribution in [3.8, 4) is 0 Å². The van der Waals surface area contributed by atoms with Gasteiger partial charge < -0.3 is 0 Å². The molecule has 3 heteroatoms. The Morgan fingerprint density at radius 3 is 2.67 bits per heavy atom. The minimum atomic E-state index is 0.419.